The van der Waals surface area contributed by atoms with Crippen LogP contribution in [0.2, 0.25) is 0 Å². The fourth-order valence-electron chi connectivity index (χ4n) is 2.19. The van der Waals surface area contributed by atoms with Gasteiger partial charge < -0.3 is 10.3 Å². The molecular weight excluding hydrogens is 210 g/mol. The lowest BCUT2D eigenvalue weighted by Gasteiger charge is -2.22. The minimum atomic E-state index is -0.419. The fourth-order valence-corrected chi connectivity index (χ4v) is 2.19. The summed E-state index contributed by atoms with van der Waals surface area (Å²) in [5, 5.41) is 0. The van der Waals surface area contributed by atoms with E-state index < -0.39 is 5.54 Å². The molecule has 1 heterocycles. The quantitative estimate of drug-likeness (QED) is 0.863. The van der Waals surface area contributed by atoms with E-state index in [0.717, 1.165) is 11.3 Å². The van der Waals surface area contributed by atoms with Crippen LogP contribution >= 0.6 is 0 Å². The van der Waals surface area contributed by atoms with Crippen LogP contribution in [0.1, 0.15) is 45.1 Å². The molecule has 0 aliphatic rings. The highest BCUT2D eigenvalue weighted by atomic mass is 15.1. The van der Waals surface area contributed by atoms with E-state index in [2.05, 4.69) is 43.5 Å². The van der Waals surface area contributed by atoms with Gasteiger partial charge in [0.2, 0.25) is 0 Å². The van der Waals surface area contributed by atoms with Gasteiger partial charge in [-0.2, -0.15) is 0 Å². The van der Waals surface area contributed by atoms with E-state index in [9.17, 15) is 0 Å². The summed E-state index contributed by atoms with van der Waals surface area (Å²) in [6.45, 7) is 10.4. The van der Waals surface area contributed by atoms with Crippen LogP contribution in [0, 0.1) is 6.92 Å². The molecule has 3 heteroatoms. The highest BCUT2D eigenvalue weighted by Crippen LogP contribution is 2.27. The molecule has 0 aliphatic carbocycles. The molecule has 2 N–H and O–H groups in total. The Bertz CT molecular complexity index is 544. The SMILES string of the molecule is Cc1ccc2c(c1)nc(C(C)(C)N)n2C(C)C. The van der Waals surface area contributed by atoms with Crippen LogP contribution < -0.4 is 5.73 Å². The summed E-state index contributed by atoms with van der Waals surface area (Å²) in [7, 11) is 0. The second-order valence-corrected chi connectivity index (χ2v) is 5.61. The van der Waals surface area contributed by atoms with Crippen LogP contribution in [0.3, 0.4) is 0 Å². The second kappa shape index (κ2) is 3.84. The summed E-state index contributed by atoms with van der Waals surface area (Å²) in [6, 6.07) is 6.73. The van der Waals surface area contributed by atoms with Crippen LogP contribution in [0.15, 0.2) is 18.2 Å². The van der Waals surface area contributed by atoms with E-state index in [1.165, 1.54) is 11.1 Å². The van der Waals surface area contributed by atoms with Gasteiger partial charge in [0.05, 0.1) is 16.6 Å². The van der Waals surface area contributed by atoms with E-state index in [-0.39, 0.29) is 0 Å². The standard InChI is InChI=1S/C14H21N3/c1-9(2)17-12-7-6-10(3)8-11(12)16-13(17)14(4,5)15/h6-9H,15H2,1-5H3. The Labute approximate surface area is 103 Å². The van der Waals surface area contributed by atoms with Crippen molar-refractivity contribution in [3.63, 3.8) is 0 Å². The second-order valence-electron chi connectivity index (χ2n) is 5.61. The zero-order chi connectivity index (χ0) is 12.8. The normalized spacial score (nSPS) is 12.6. The van der Waals surface area contributed by atoms with Gasteiger partial charge in [0, 0.05) is 6.04 Å². The Morgan fingerprint density at radius 1 is 1.29 bits per heavy atom. The zero-order valence-electron chi connectivity index (χ0n) is 11.3. The minimum Gasteiger partial charge on any atom is -0.324 e. The van der Waals surface area contributed by atoms with Crippen molar-refractivity contribution in [2.24, 2.45) is 5.73 Å². The lowest BCUT2D eigenvalue weighted by molar-refractivity contribution is 0.457. The fraction of sp³-hybridized carbons (Fsp3) is 0.500. The molecule has 2 rings (SSSR count). The molecule has 3 nitrogen and oxygen atoms in total. The van der Waals surface area contributed by atoms with E-state index in [0.29, 0.717) is 6.04 Å². The van der Waals surface area contributed by atoms with Crippen molar-refractivity contribution in [1.29, 1.82) is 0 Å². The van der Waals surface area contributed by atoms with Gasteiger partial charge in [-0.3, -0.25) is 0 Å². The average Bonchev–Trinajstić information content (AvgIpc) is 2.55. The number of aromatic nitrogens is 2. The molecule has 92 valence electrons. The number of hydrogen-bond acceptors (Lipinski definition) is 2. The Morgan fingerprint density at radius 3 is 2.47 bits per heavy atom. The first-order valence-corrected chi connectivity index (χ1v) is 6.08. The smallest absolute Gasteiger partial charge is 0.129 e. The number of nitrogens with two attached hydrogens (primary N) is 1. The van der Waals surface area contributed by atoms with Crippen molar-refractivity contribution in [2.75, 3.05) is 0 Å². The predicted octanol–water partition coefficient (Wildman–Crippen LogP) is 3.12. The van der Waals surface area contributed by atoms with E-state index >= 15 is 0 Å². The molecule has 1 aromatic carbocycles. The van der Waals surface area contributed by atoms with Crippen molar-refractivity contribution >= 4 is 11.0 Å². The number of benzene rings is 1. The monoisotopic (exact) mass is 231 g/mol. The molecule has 1 aromatic heterocycles. The number of rotatable bonds is 2. The van der Waals surface area contributed by atoms with Crippen LogP contribution in [0.4, 0.5) is 0 Å². The Balaban J connectivity index is 2.80. The third-order valence-corrected chi connectivity index (χ3v) is 2.94. The lowest BCUT2D eigenvalue weighted by Crippen LogP contribution is -2.33. The van der Waals surface area contributed by atoms with Crippen LogP contribution in [-0.2, 0) is 5.54 Å². The Morgan fingerprint density at radius 2 is 1.94 bits per heavy atom. The van der Waals surface area contributed by atoms with Gasteiger partial charge in [0.25, 0.3) is 0 Å². The van der Waals surface area contributed by atoms with Gasteiger partial charge in [-0.25, -0.2) is 4.98 Å². The summed E-state index contributed by atoms with van der Waals surface area (Å²) >= 11 is 0. The molecule has 0 amide bonds. The molecule has 0 bridgehead atoms. The Kier molecular flexibility index (Phi) is 2.74. The van der Waals surface area contributed by atoms with Crippen molar-refractivity contribution in [2.45, 2.75) is 46.2 Å². The third kappa shape index (κ3) is 2.07. The molecule has 0 saturated carbocycles. The number of hydrogen-bond donors (Lipinski definition) is 1. The molecule has 17 heavy (non-hydrogen) atoms. The number of imidazole rings is 1. The van der Waals surface area contributed by atoms with Crippen LogP contribution in [0.25, 0.3) is 11.0 Å². The maximum atomic E-state index is 6.21. The van der Waals surface area contributed by atoms with Crippen molar-refractivity contribution in [1.82, 2.24) is 9.55 Å². The maximum absolute atomic E-state index is 6.21. The molecule has 0 atom stereocenters. The topological polar surface area (TPSA) is 43.8 Å². The van der Waals surface area contributed by atoms with Gasteiger partial charge in [-0.1, -0.05) is 6.07 Å². The van der Waals surface area contributed by atoms with Gasteiger partial charge in [-0.15, -0.1) is 0 Å². The number of aryl methyl sites for hydroxylation is 1. The summed E-state index contributed by atoms with van der Waals surface area (Å²) in [4.78, 5) is 4.70. The maximum Gasteiger partial charge on any atom is 0.129 e. The van der Waals surface area contributed by atoms with Crippen molar-refractivity contribution in [3.05, 3.63) is 29.6 Å². The van der Waals surface area contributed by atoms with Crippen molar-refractivity contribution in [3.8, 4) is 0 Å². The summed E-state index contributed by atoms with van der Waals surface area (Å²) in [5.74, 6) is 0.952. The van der Waals surface area contributed by atoms with Gasteiger partial charge >= 0.3 is 0 Å². The molecule has 0 spiro atoms. The predicted molar refractivity (Wildman–Crippen MR) is 72.1 cm³/mol. The van der Waals surface area contributed by atoms with Gasteiger partial charge in [-0.05, 0) is 52.3 Å². The molecule has 0 fully saturated rings. The summed E-state index contributed by atoms with van der Waals surface area (Å²) < 4.78 is 2.23. The van der Waals surface area contributed by atoms with E-state index in [1.807, 2.05) is 13.8 Å². The first-order valence-electron chi connectivity index (χ1n) is 6.08. The summed E-state index contributed by atoms with van der Waals surface area (Å²) in [5.41, 5.74) is 9.22. The molecule has 2 aromatic rings. The molecule has 0 radical (unpaired) electrons. The highest BCUT2D eigenvalue weighted by Gasteiger charge is 2.24. The van der Waals surface area contributed by atoms with E-state index in [1.54, 1.807) is 0 Å². The lowest BCUT2D eigenvalue weighted by atomic mass is 10.1. The summed E-state index contributed by atoms with van der Waals surface area (Å²) in [6.07, 6.45) is 0. The molecular formula is C14H21N3. The first-order chi connectivity index (χ1) is 7.80. The highest BCUT2D eigenvalue weighted by molar-refractivity contribution is 5.77. The molecule has 0 saturated heterocycles. The van der Waals surface area contributed by atoms with Gasteiger partial charge in [0.15, 0.2) is 0 Å². The number of nitrogens with zero attached hydrogens (tertiary/aromatic N) is 2. The molecule has 0 aliphatic heterocycles. The minimum absolute atomic E-state index is 0.362. The van der Waals surface area contributed by atoms with E-state index in [4.69, 9.17) is 10.7 Å². The van der Waals surface area contributed by atoms with Gasteiger partial charge in [0.1, 0.15) is 5.82 Å². The first kappa shape index (κ1) is 12.1. The third-order valence-electron chi connectivity index (χ3n) is 2.94. The average molecular weight is 231 g/mol. The Hall–Kier alpha value is -1.35. The van der Waals surface area contributed by atoms with Crippen LogP contribution in [0.5, 0.6) is 0 Å². The molecule has 0 unspecified atom stereocenters. The zero-order valence-corrected chi connectivity index (χ0v) is 11.3. The van der Waals surface area contributed by atoms with Crippen molar-refractivity contribution < 1.29 is 0 Å². The largest absolute Gasteiger partial charge is 0.324 e. The van der Waals surface area contributed by atoms with Crippen LogP contribution in [-0.4, -0.2) is 9.55 Å². The number of fused-ring (bicyclic) bond motifs is 1.